The van der Waals surface area contributed by atoms with Crippen molar-refractivity contribution in [2.24, 2.45) is 0 Å². The molecular weight excluding hydrogens is 445 g/mol. The molecule has 0 heterocycles. The van der Waals surface area contributed by atoms with Crippen LogP contribution < -0.4 is 4.74 Å². The minimum atomic E-state index is -0.865. The third kappa shape index (κ3) is 5.93. The van der Waals surface area contributed by atoms with E-state index in [9.17, 15) is 9.59 Å². The summed E-state index contributed by atoms with van der Waals surface area (Å²) in [5.74, 6) is -1.23. The van der Waals surface area contributed by atoms with E-state index < -0.39 is 11.9 Å². The van der Waals surface area contributed by atoms with Crippen molar-refractivity contribution in [3.05, 3.63) is 61.0 Å². The van der Waals surface area contributed by atoms with Crippen LogP contribution in [0, 0.1) is 0 Å². The molecule has 0 unspecified atom stereocenters. The molecule has 0 aromatic heterocycles. The van der Waals surface area contributed by atoms with Gasteiger partial charge in [-0.1, -0.05) is 58.0 Å². The zero-order valence-electron chi connectivity index (χ0n) is 13.0. The molecule has 4 nitrogen and oxygen atoms in total. The zero-order valence-corrected chi connectivity index (χ0v) is 16.8. The molecule has 0 amide bonds. The first-order valence-corrected chi connectivity index (χ1v) is 9.14. The van der Waals surface area contributed by atoms with Gasteiger partial charge in [-0.25, -0.2) is 4.79 Å². The molecule has 0 aliphatic rings. The Labute approximate surface area is 174 Å². The highest BCUT2D eigenvalue weighted by molar-refractivity contribution is 6.43. The van der Waals surface area contributed by atoms with Crippen molar-refractivity contribution in [1.82, 2.24) is 0 Å². The van der Waals surface area contributed by atoms with E-state index in [1.165, 1.54) is 30.3 Å². The summed E-state index contributed by atoms with van der Waals surface area (Å²) in [6.45, 7) is 0.166. The van der Waals surface area contributed by atoms with Gasteiger partial charge in [0.05, 0.1) is 32.3 Å². The van der Waals surface area contributed by atoms with E-state index in [0.717, 1.165) is 0 Å². The Morgan fingerprint density at radius 1 is 0.846 bits per heavy atom. The third-order valence-corrected chi connectivity index (χ3v) is 4.69. The fourth-order valence-electron chi connectivity index (χ4n) is 1.88. The number of ether oxygens (including phenoxy) is 2. The smallest absolute Gasteiger partial charge is 0.347 e. The van der Waals surface area contributed by atoms with E-state index in [1.54, 1.807) is 0 Å². The molecule has 0 saturated heterocycles. The second-order valence-electron chi connectivity index (χ2n) is 5.03. The summed E-state index contributed by atoms with van der Waals surface area (Å²) in [5.41, 5.74) is 0.0198. The van der Waals surface area contributed by atoms with Gasteiger partial charge >= 0.3 is 11.9 Å². The number of halogens is 5. The Bertz CT molecular complexity index is 838. The standard InChI is InChI=1S/C17H11Cl5O4/c18-9-3-4-11(19)10(6-9)17(24)26-16(23)2-1-5-25-15-8-13(21)12(20)7-14(15)22/h3-4,6-8H,1-2,5H2. The summed E-state index contributed by atoms with van der Waals surface area (Å²) in [6.07, 6.45) is 0.259. The zero-order chi connectivity index (χ0) is 19.3. The van der Waals surface area contributed by atoms with Crippen molar-refractivity contribution in [3.63, 3.8) is 0 Å². The molecule has 26 heavy (non-hydrogen) atoms. The first-order chi connectivity index (χ1) is 12.3. The van der Waals surface area contributed by atoms with E-state index in [1.807, 2.05) is 0 Å². The molecule has 9 heteroatoms. The molecule has 0 radical (unpaired) electrons. The molecule has 2 rings (SSSR count). The summed E-state index contributed by atoms with van der Waals surface area (Å²) in [4.78, 5) is 23.7. The summed E-state index contributed by atoms with van der Waals surface area (Å²) in [5, 5.41) is 1.36. The molecule has 0 bridgehead atoms. The van der Waals surface area contributed by atoms with Gasteiger partial charge in [0, 0.05) is 17.5 Å². The van der Waals surface area contributed by atoms with Gasteiger partial charge in [0.15, 0.2) is 0 Å². The van der Waals surface area contributed by atoms with Crippen LogP contribution >= 0.6 is 58.0 Å². The molecule has 0 aliphatic heterocycles. The van der Waals surface area contributed by atoms with Crippen molar-refractivity contribution in [2.75, 3.05) is 6.61 Å². The molecule has 2 aromatic carbocycles. The highest BCUT2D eigenvalue weighted by atomic mass is 35.5. The molecule has 0 spiro atoms. The fraction of sp³-hybridized carbons (Fsp3) is 0.176. The predicted molar refractivity (Wildman–Crippen MR) is 103 cm³/mol. The third-order valence-electron chi connectivity index (χ3n) is 3.11. The Kier molecular flexibility index (Phi) is 7.86. The Morgan fingerprint density at radius 2 is 1.54 bits per heavy atom. The van der Waals surface area contributed by atoms with Crippen LogP contribution in [0.25, 0.3) is 0 Å². The minimum absolute atomic E-state index is 0.0198. The summed E-state index contributed by atoms with van der Waals surface area (Å²) in [7, 11) is 0. The Hall–Kier alpha value is -1.17. The lowest BCUT2D eigenvalue weighted by atomic mass is 10.2. The average molecular weight is 457 g/mol. The number of hydrogen-bond donors (Lipinski definition) is 0. The number of carbonyl (C=O) groups excluding carboxylic acids is 2. The number of benzene rings is 2. The van der Waals surface area contributed by atoms with Crippen LogP contribution in [-0.2, 0) is 9.53 Å². The van der Waals surface area contributed by atoms with Crippen LogP contribution in [0.15, 0.2) is 30.3 Å². The second-order valence-corrected chi connectivity index (χ2v) is 7.10. The first-order valence-electron chi connectivity index (χ1n) is 7.25. The number of esters is 2. The maximum atomic E-state index is 11.9. The van der Waals surface area contributed by atoms with Crippen LogP contribution in [0.4, 0.5) is 0 Å². The number of rotatable bonds is 6. The SMILES string of the molecule is O=C(CCCOc1cc(Cl)c(Cl)cc1Cl)OC(=O)c1cc(Cl)ccc1Cl. The topological polar surface area (TPSA) is 52.6 Å². The summed E-state index contributed by atoms with van der Waals surface area (Å²) in [6, 6.07) is 7.24. The molecule has 0 atom stereocenters. The van der Waals surface area contributed by atoms with E-state index in [4.69, 9.17) is 67.5 Å². The van der Waals surface area contributed by atoms with Crippen LogP contribution in [0.2, 0.25) is 25.1 Å². The Balaban J connectivity index is 1.81. The monoisotopic (exact) mass is 454 g/mol. The normalized spacial score (nSPS) is 10.5. The van der Waals surface area contributed by atoms with Crippen molar-refractivity contribution >= 4 is 69.9 Å². The van der Waals surface area contributed by atoms with Crippen LogP contribution in [0.1, 0.15) is 23.2 Å². The van der Waals surface area contributed by atoms with Crippen molar-refractivity contribution < 1.29 is 19.1 Å². The quantitative estimate of drug-likeness (QED) is 0.216. The van der Waals surface area contributed by atoms with Crippen molar-refractivity contribution in [3.8, 4) is 5.75 Å². The van der Waals surface area contributed by atoms with Gasteiger partial charge in [-0.2, -0.15) is 0 Å². The molecule has 0 N–H and O–H groups in total. The van der Waals surface area contributed by atoms with Crippen molar-refractivity contribution in [2.45, 2.75) is 12.8 Å². The fourth-order valence-corrected chi connectivity index (χ4v) is 2.84. The van der Waals surface area contributed by atoms with Gasteiger partial charge < -0.3 is 9.47 Å². The number of carbonyl (C=O) groups is 2. The van der Waals surface area contributed by atoms with E-state index in [2.05, 4.69) is 0 Å². The first kappa shape index (κ1) is 21.1. The molecule has 2 aromatic rings. The van der Waals surface area contributed by atoms with E-state index >= 15 is 0 Å². The van der Waals surface area contributed by atoms with Gasteiger partial charge in [-0.05, 0) is 30.7 Å². The number of hydrogen-bond acceptors (Lipinski definition) is 4. The van der Waals surface area contributed by atoms with Gasteiger partial charge in [-0.3, -0.25) is 4.79 Å². The predicted octanol–water partition coefficient (Wildman–Crippen LogP) is 6.50. The summed E-state index contributed by atoms with van der Waals surface area (Å²) >= 11 is 29.4. The van der Waals surface area contributed by atoms with Gasteiger partial charge in [0.25, 0.3) is 0 Å². The summed E-state index contributed by atoms with van der Waals surface area (Å²) < 4.78 is 10.2. The minimum Gasteiger partial charge on any atom is -0.492 e. The molecule has 0 aliphatic carbocycles. The lowest BCUT2D eigenvalue weighted by Gasteiger charge is -2.09. The molecule has 0 fully saturated rings. The highest BCUT2D eigenvalue weighted by Gasteiger charge is 2.16. The molecule has 138 valence electrons. The second kappa shape index (κ2) is 9.67. The maximum absolute atomic E-state index is 11.9. The van der Waals surface area contributed by atoms with Crippen LogP contribution in [0.3, 0.4) is 0 Å². The molecular formula is C17H11Cl5O4. The van der Waals surface area contributed by atoms with Gasteiger partial charge in [0.2, 0.25) is 0 Å². The largest absolute Gasteiger partial charge is 0.492 e. The van der Waals surface area contributed by atoms with Crippen molar-refractivity contribution in [1.29, 1.82) is 0 Å². The average Bonchev–Trinajstić information content (AvgIpc) is 2.58. The van der Waals surface area contributed by atoms with Gasteiger partial charge in [0.1, 0.15) is 5.75 Å². The van der Waals surface area contributed by atoms with Gasteiger partial charge in [-0.15, -0.1) is 0 Å². The highest BCUT2D eigenvalue weighted by Crippen LogP contribution is 2.33. The maximum Gasteiger partial charge on any atom is 0.347 e. The van der Waals surface area contributed by atoms with Crippen LogP contribution in [-0.4, -0.2) is 18.5 Å². The Morgan fingerprint density at radius 3 is 2.27 bits per heavy atom. The molecule has 0 saturated carbocycles. The van der Waals surface area contributed by atoms with Crippen LogP contribution in [0.5, 0.6) is 5.75 Å². The lowest BCUT2D eigenvalue weighted by molar-refractivity contribution is -0.138. The van der Waals surface area contributed by atoms with E-state index in [0.29, 0.717) is 32.3 Å². The van der Waals surface area contributed by atoms with E-state index in [-0.39, 0.29) is 23.6 Å². The lowest BCUT2D eigenvalue weighted by Crippen LogP contribution is -2.14.